The summed E-state index contributed by atoms with van der Waals surface area (Å²) >= 11 is 2.66. The average molecular weight is 703 g/mol. The number of carbonyl (C=O) groups excluding carboxylic acids is 3. The Morgan fingerprint density at radius 2 is 1.64 bits per heavy atom. The smallest absolute Gasteiger partial charge is 0.272 e. The van der Waals surface area contributed by atoms with E-state index in [9.17, 15) is 19.6 Å². The molecule has 50 heavy (non-hydrogen) atoms. The lowest BCUT2D eigenvalue weighted by atomic mass is 10.1. The SMILES string of the molecule is CCC(Sc1cccc(NC(=O)/C(=C\c2ccc(OC)cc2OC)NC(=O)c2ccccc2)c1)C(=O)Nc1scc(-c2ccccc2)c1C#N. The number of nitrogens with one attached hydrogen (secondary N) is 3. The molecule has 1 aromatic heterocycles. The van der Waals surface area contributed by atoms with Crippen LogP contribution in [0.25, 0.3) is 17.2 Å². The van der Waals surface area contributed by atoms with Gasteiger partial charge in [0.05, 0.1) is 25.0 Å². The maximum absolute atomic E-state index is 13.7. The second-order valence-corrected chi connectivity index (χ2v) is 13.0. The van der Waals surface area contributed by atoms with Crippen LogP contribution in [0, 0.1) is 11.3 Å². The molecule has 252 valence electrons. The van der Waals surface area contributed by atoms with E-state index in [0.29, 0.717) is 45.3 Å². The Morgan fingerprint density at radius 3 is 2.32 bits per heavy atom. The van der Waals surface area contributed by atoms with Crippen LogP contribution in [0.15, 0.2) is 119 Å². The van der Waals surface area contributed by atoms with E-state index < -0.39 is 17.1 Å². The van der Waals surface area contributed by atoms with Gasteiger partial charge >= 0.3 is 0 Å². The molecule has 1 heterocycles. The summed E-state index contributed by atoms with van der Waals surface area (Å²) in [4.78, 5) is 41.0. The molecular weight excluding hydrogens is 669 g/mol. The number of anilines is 2. The standard InChI is InChI=1S/C39H34N4O5S2/c1-4-35(38(46)43-39-31(23-40)32(24-49-39)25-12-7-5-8-13-25)50-30-17-11-16-28(21-30)41-37(45)33(42-36(44)26-14-9-6-10-15-26)20-27-18-19-29(47-2)22-34(27)48-3/h5-22,24,35H,4H2,1-3H3,(H,41,45)(H,42,44)(H,43,46)/b33-20+. The molecule has 5 rings (SSSR count). The number of ether oxygens (including phenoxy) is 2. The van der Waals surface area contributed by atoms with Gasteiger partial charge in [0.1, 0.15) is 28.3 Å². The second kappa shape index (κ2) is 17.0. The lowest BCUT2D eigenvalue weighted by Gasteiger charge is -2.16. The van der Waals surface area contributed by atoms with Crippen LogP contribution in [0.2, 0.25) is 0 Å². The van der Waals surface area contributed by atoms with Crippen molar-refractivity contribution in [1.82, 2.24) is 5.32 Å². The van der Waals surface area contributed by atoms with Crippen LogP contribution in [0.5, 0.6) is 11.5 Å². The number of thiophene rings is 1. The molecule has 0 saturated carbocycles. The van der Waals surface area contributed by atoms with E-state index >= 15 is 0 Å². The van der Waals surface area contributed by atoms with Crippen LogP contribution >= 0.6 is 23.1 Å². The number of hydrogen-bond acceptors (Lipinski definition) is 8. The third kappa shape index (κ3) is 8.79. The fourth-order valence-corrected chi connectivity index (χ4v) is 6.89. The number of thioether (sulfide) groups is 1. The summed E-state index contributed by atoms with van der Waals surface area (Å²) in [7, 11) is 3.05. The monoisotopic (exact) mass is 702 g/mol. The van der Waals surface area contributed by atoms with Gasteiger partial charge in [0.2, 0.25) is 5.91 Å². The highest BCUT2D eigenvalue weighted by atomic mass is 32.2. The van der Waals surface area contributed by atoms with Gasteiger partial charge in [-0.25, -0.2) is 0 Å². The van der Waals surface area contributed by atoms with Gasteiger partial charge < -0.3 is 25.4 Å². The first-order chi connectivity index (χ1) is 24.3. The number of methoxy groups -OCH3 is 2. The van der Waals surface area contributed by atoms with Gasteiger partial charge in [-0.15, -0.1) is 23.1 Å². The number of rotatable bonds is 13. The summed E-state index contributed by atoms with van der Waals surface area (Å²) in [6, 6.07) is 32.7. The van der Waals surface area contributed by atoms with Gasteiger partial charge in [-0.05, 0) is 60.5 Å². The second-order valence-electron chi connectivity index (χ2n) is 10.8. The quantitative estimate of drug-likeness (QED) is 0.0833. The summed E-state index contributed by atoms with van der Waals surface area (Å²) in [5, 5.41) is 20.4. The molecule has 0 saturated heterocycles. The van der Waals surface area contributed by atoms with Crippen molar-refractivity contribution in [3.8, 4) is 28.7 Å². The van der Waals surface area contributed by atoms with E-state index in [0.717, 1.165) is 16.0 Å². The summed E-state index contributed by atoms with van der Waals surface area (Å²) in [6.45, 7) is 1.91. The van der Waals surface area contributed by atoms with Crippen LogP contribution in [0.3, 0.4) is 0 Å². The zero-order valence-corrected chi connectivity index (χ0v) is 29.2. The molecule has 9 nitrogen and oxygen atoms in total. The van der Waals surface area contributed by atoms with E-state index in [2.05, 4.69) is 22.0 Å². The highest BCUT2D eigenvalue weighted by molar-refractivity contribution is 8.00. The average Bonchev–Trinajstić information content (AvgIpc) is 3.56. The number of carbonyl (C=O) groups is 3. The first-order valence-electron chi connectivity index (χ1n) is 15.6. The Bertz CT molecular complexity index is 2060. The molecule has 0 aliphatic rings. The van der Waals surface area contributed by atoms with E-state index in [-0.39, 0.29) is 11.6 Å². The van der Waals surface area contributed by atoms with Crippen LogP contribution in [-0.4, -0.2) is 37.2 Å². The molecule has 0 fully saturated rings. The summed E-state index contributed by atoms with van der Waals surface area (Å²) in [5.41, 5.74) is 3.50. The van der Waals surface area contributed by atoms with E-state index in [4.69, 9.17) is 9.47 Å². The molecule has 3 N–H and O–H groups in total. The Hall–Kier alpha value is -5.83. The number of hydrogen-bond donors (Lipinski definition) is 3. The molecule has 4 aromatic carbocycles. The van der Waals surface area contributed by atoms with Crippen molar-refractivity contribution in [3.05, 3.63) is 131 Å². The minimum Gasteiger partial charge on any atom is -0.497 e. The zero-order valence-electron chi connectivity index (χ0n) is 27.6. The predicted molar refractivity (Wildman–Crippen MR) is 200 cm³/mol. The van der Waals surface area contributed by atoms with E-state index in [1.807, 2.05) is 48.7 Å². The Balaban J connectivity index is 1.34. The highest BCUT2D eigenvalue weighted by Gasteiger charge is 2.22. The summed E-state index contributed by atoms with van der Waals surface area (Å²) in [6.07, 6.45) is 2.06. The number of benzene rings is 4. The molecule has 11 heteroatoms. The van der Waals surface area contributed by atoms with Gasteiger partial charge in [0.25, 0.3) is 11.8 Å². The van der Waals surface area contributed by atoms with Gasteiger partial charge in [-0.2, -0.15) is 5.26 Å². The third-order valence-electron chi connectivity index (χ3n) is 7.53. The van der Waals surface area contributed by atoms with Crippen molar-refractivity contribution in [1.29, 1.82) is 5.26 Å². The molecule has 0 aliphatic carbocycles. The number of nitriles is 1. The number of amides is 3. The van der Waals surface area contributed by atoms with Crippen molar-refractivity contribution in [2.45, 2.75) is 23.5 Å². The lowest BCUT2D eigenvalue weighted by Crippen LogP contribution is -2.30. The van der Waals surface area contributed by atoms with Crippen molar-refractivity contribution in [3.63, 3.8) is 0 Å². The predicted octanol–water partition coefficient (Wildman–Crippen LogP) is 8.22. The first-order valence-corrected chi connectivity index (χ1v) is 17.4. The van der Waals surface area contributed by atoms with Gasteiger partial charge in [-0.3, -0.25) is 14.4 Å². The van der Waals surface area contributed by atoms with Crippen molar-refractivity contribution in [2.24, 2.45) is 0 Å². The molecule has 1 unspecified atom stereocenters. The minimum atomic E-state index is -0.560. The van der Waals surface area contributed by atoms with E-state index in [1.54, 1.807) is 73.8 Å². The third-order valence-corrected chi connectivity index (χ3v) is 9.78. The molecule has 0 spiro atoms. The maximum Gasteiger partial charge on any atom is 0.272 e. The Kier molecular flexibility index (Phi) is 12.1. The maximum atomic E-state index is 13.7. The lowest BCUT2D eigenvalue weighted by molar-refractivity contribution is -0.116. The zero-order chi connectivity index (χ0) is 35.5. The van der Waals surface area contributed by atoms with Gasteiger partial charge in [-0.1, -0.05) is 61.5 Å². The van der Waals surface area contributed by atoms with Gasteiger partial charge in [0.15, 0.2) is 0 Å². The minimum absolute atomic E-state index is 0.00898. The molecule has 0 bridgehead atoms. The largest absolute Gasteiger partial charge is 0.497 e. The summed E-state index contributed by atoms with van der Waals surface area (Å²) in [5.74, 6) is -0.222. The van der Waals surface area contributed by atoms with Crippen LogP contribution in [0.1, 0.15) is 34.8 Å². The van der Waals surface area contributed by atoms with Crippen molar-refractivity contribution < 1.29 is 23.9 Å². The fourth-order valence-electron chi connectivity index (χ4n) is 4.95. The molecule has 1 atom stereocenters. The molecule has 3 amide bonds. The fraction of sp³-hybridized carbons (Fsp3) is 0.128. The van der Waals surface area contributed by atoms with Crippen LogP contribution in [0.4, 0.5) is 10.7 Å². The van der Waals surface area contributed by atoms with Gasteiger partial charge in [0, 0.05) is 38.7 Å². The molecule has 5 aromatic rings. The topological polar surface area (TPSA) is 130 Å². The first kappa shape index (κ1) is 35.5. The van der Waals surface area contributed by atoms with Crippen LogP contribution in [-0.2, 0) is 9.59 Å². The highest BCUT2D eigenvalue weighted by Crippen LogP contribution is 2.36. The molecule has 0 radical (unpaired) electrons. The van der Waals surface area contributed by atoms with Crippen molar-refractivity contribution in [2.75, 3.05) is 24.9 Å². The summed E-state index contributed by atoms with van der Waals surface area (Å²) < 4.78 is 10.8. The van der Waals surface area contributed by atoms with Crippen molar-refractivity contribution >= 4 is 57.6 Å². The Labute approximate surface area is 299 Å². The van der Waals surface area contributed by atoms with Crippen LogP contribution < -0.4 is 25.4 Å². The number of nitrogens with zero attached hydrogens (tertiary/aromatic N) is 1. The normalized spacial score (nSPS) is 11.5. The molecule has 0 aliphatic heterocycles. The Morgan fingerprint density at radius 1 is 0.900 bits per heavy atom. The molecular formula is C39H34N4O5S2. The van der Waals surface area contributed by atoms with E-state index in [1.165, 1.54) is 36.3 Å².